The first kappa shape index (κ1) is 9.75. The lowest BCUT2D eigenvalue weighted by atomic mass is 9.93. The molecule has 4 heteroatoms. The highest BCUT2D eigenvalue weighted by Crippen LogP contribution is 2.56. The van der Waals surface area contributed by atoms with Crippen molar-refractivity contribution in [3.8, 4) is 0 Å². The van der Waals surface area contributed by atoms with Crippen molar-refractivity contribution in [2.45, 2.75) is 24.4 Å². The van der Waals surface area contributed by atoms with Crippen LogP contribution in [0.3, 0.4) is 0 Å². The molecule has 2 heterocycles. The number of likely N-dealkylation sites (N-methyl/N-ethyl adjacent to an activating group) is 1. The summed E-state index contributed by atoms with van der Waals surface area (Å²) in [5, 5.41) is 4.72. The Bertz CT molecular complexity index is 386. The van der Waals surface area contributed by atoms with Gasteiger partial charge in [0.05, 0.1) is 6.61 Å². The first-order chi connectivity index (χ1) is 7.27. The van der Waals surface area contributed by atoms with E-state index in [1.54, 1.807) is 5.38 Å². The predicted octanol–water partition coefficient (Wildman–Crippen LogP) is 2.21. The molecule has 0 saturated heterocycles. The molecular weight excluding hydrogens is 213 g/mol. The lowest BCUT2D eigenvalue weighted by molar-refractivity contribution is 0.0250. The minimum atomic E-state index is -0.0168. The molecular formula is C11H14FNOS. The molecule has 15 heavy (non-hydrogen) atoms. The Morgan fingerprint density at radius 3 is 3.13 bits per heavy atom. The molecule has 0 bridgehead atoms. The number of thiophene rings is 1. The average molecular weight is 227 g/mol. The van der Waals surface area contributed by atoms with E-state index >= 15 is 0 Å². The van der Waals surface area contributed by atoms with Crippen molar-refractivity contribution in [1.82, 2.24) is 5.32 Å². The standard InChI is InChI=1S/C11H14FNOS/c1-13-4-8-10-9(7(12)5-15-10)11(2-3-11)6-14-8/h5,8,13H,2-4,6H2,1H3/t8-/m1/s1. The number of rotatable bonds is 2. The molecule has 1 aliphatic heterocycles. The van der Waals surface area contributed by atoms with Crippen LogP contribution in [0.5, 0.6) is 0 Å². The third-order valence-corrected chi connectivity index (χ3v) is 4.45. The summed E-state index contributed by atoms with van der Waals surface area (Å²) in [6.07, 6.45) is 2.21. The highest BCUT2D eigenvalue weighted by molar-refractivity contribution is 7.10. The van der Waals surface area contributed by atoms with E-state index in [0.717, 1.165) is 29.8 Å². The molecule has 2 aliphatic rings. The second-order valence-electron chi connectivity index (χ2n) is 4.46. The molecule has 1 aliphatic carbocycles. The zero-order valence-electron chi connectivity index (χ0n) is 8.68. The Labute approximate surface area is 92.4 Å². The zero-order chi connectivity index (χ0) is 10.5. The molecule has 0 radical (unpaired) electrons. The summed E-state index contributed by atoms with van der Waals surface area (Å²) in [6.45, 7) is 1.46. The lowest BCUT2D eigenvalue weighted by Crippen LogP contribution is -2.30. The van der Waals surface area contributed by atoms with E-state index in [9.17, 15) is 4.39 Å². The summed E-state index contributed by atoms with van der Waals surface area (Å²) in [6, 6.07) is 0. The van der Waals surface area contributed by atoms with E-state index in [1.807, 2.05) is 7.05 Å². The van der Waals surface area contributed by atoms with Crippen LogP contribution >= 0.6 is 11.3 Å². The summed E-state index contributed by atoms with van der Waals surface area (Å²) in [5.41, 5.74) is 1.00. The Hall–Kier alpha value is -0.450. The Morgan fingerprint density at radius 2 is 2.47 bits per heavy atom. The van der Waals surface area contributed by atoms with E-state index in [-0.39, 0.29) is 17.3 Å². The fourth-order valence-corrected chi connectivity index (χ4v) is 3.48. The van der Waals surface area contributed by atoms with E-state index in [0.29, 0.717) is 6.61 Å². The molecule has 1 saturated carbocycles. The molecule has 1 spiro atoms. The molecule has 3 rings (SSSR count). The van der Waals surface area contributed by atoms with Crippen molar-refractivity contribution in [2.24, 2.45) is 0 Å². The highest BCUT2D eigenvalue weighted by atomic mass is 32.1. The number of ether oxygens (including phenoxy) is 1. The second-order valence-corrected chi connectivity index (χ2v) is 5.37. The van der Waals surface area contributed by atoms with Crippen LogP contribution in [0.2, 0.25) is 0 Å². The zero-order valence-corrected chi connectivity index (χ0v) is 9.49. The van der Waals surface area contributed by atoms with E-state index < -0.39 is 0 Å². The SMILES string of the molecule is CNC[C@H]1OCC2(CC2)c2c(F)csc21. The molecule has 82 valence electrons. The van der Waals surface area contributed by atoms with E-state index in [1.165, 1.54) is 11.3 Å². The van der Waals surface area contributed by atoms with Gasteiger partial charge in [-0.05, 0) is 19.9 Å². The molecule has 0 aromatic carbocycles. The molecule has 1 fully saturated rings. The van der Waals surface area contributed by atoms with Gasteiger partial charge in [0.25, 0.3) is 0 Å². The number of hydrogen-bond donors (Lipinski definition) is 1. The third kappa shape index (κ3) is 1.35. The Kier molecular flexibility index (Phi) is 2.13. The van der Waals surface area contributed by atoms with Gasteiger partial charge in [0.2, 0.25) is 0 Å². The van der Waals surface area contributed by atoms with Crippen molar-refractivity contribution in [1.29, 1.82) is 0 Å². The van der Waals surface area contributed by atoms with Crippen LogP contribution in [0.4, 0.5) is 4.39 Å². The molecule has 2 nitrogen and oxygen atoms in total. The highest BCUT2D eigenvalue weighted by Gasteiger charge is 2.52. The quantitative estimate of drug-likeness (QED) is 0.836. The normalized spacial score (nSPS) is 26.7. The van der Waals surface area contributed by atoms with Gasteiger partial charge in [0.1, 0.15) is 11.9 Å². The van der Waals surface area contributed by atoms with Gasteiger partial charge in [-0.3, -0.25) is 0 Å². The van der Waals surface area contributed by atoms with Crippen LogP contribution < -0.4 is 5.32 Å². The first-order valence-corrected chi connectivity index (χ1v) is 6.18. The van der Waals surface area contributed by atoms with Gasteiger partial charge in [-0.25, -0.2) is 4.39 Å². The minimum absolute atomic E-state index is 0.0168. The van der Waals surface area contributed by atoms with Crippen molar-refractivity contribution in [3.05, 3.63) is 21.6 Å². The lowest BCUT2D eigenvalue weighted by Gasteiger charge is -2.29. The van der Waals surface area contributed by atoms with E-state index in [4.69, 9.17) is 4.74 Å². The van der Waals surface area contributed by atoms with Crippen LogP contribution in [0.1, 0.15) is 29.4 Å². The fourth-order valence-electron chi connectivity index (χ4n) is 2.39. The van der Waals surface area contributed by atoms with Gasteiger partial charge in [-0.15, -0.1) is 11.3 Å². The molecule has 1 aromatic heterocycles. The number of nitrogens with one attached hydrogen (secondary N) is 1. The van der Waals surface area contributed by atoms with Crippen LogP contribution in [-0.4, -0.2) is 20.2 Å². The monoisotopic (exact) mass is 227 g/mol. The molecule has 1 N–H and O–H groups in total. The Balaban J connectivity index is 2.02. The maximum Gasteiger partial charge on any atom is 0.138 e. The largest absolute Gasteiger partial charge is 0.370 e. The van der Waals surface area contributed by atoms with Crippen LogP contribution in [-0.2, 0) is 10.2 Å². The van der Waals surface area contributed by atoms with Crippen molar-refractivity contribution in [3.63, 3.8) is 0 Å². The number of hydrogen-bond acceptors (Lipinski definition) is 3. The maximum atomic E-state index is 13.7. The van der Waals surface area contributed by atoms with Gasteiger partial charge in [0, 0.05) is 27.8 Å². The van der Waals surface area contributed by atoms with Crippen LogP contribution in [0.15, 0.2) is 5.38 Å². The predicted molar refractivity (Wildman–Crippen MR) is 57.8 cm³/mol. The smallest absolute Gasteiger partial charge is 0.138 e. The maximum absolute atomic E-state index is 13.7. The van der Waals surface area contributed by atoms with Gasteiger partial charge < -0.3 is 10.1 Å². The summed E-state index contributed by atoms with van der Waals surface area (Å²) in [7, 11) is 1.90. The fraction of sp³-hybridized carbons (Fsp3) is 0.636. The first-order valence-electron chi connectivity index (χ1n) is 5.30. The van der Waals surface area contributed by atoms with Crippen molar-refractivity contribution >= 4 is 11.3 Å². The van der Waals surface area contributed by atoms with Crippen LogP contribution in [0.25, 0.3) is 0 Å². The Morgan fingerprint density at radius 1 is 1.67 bits per heavy atom. The summed E-state index contributed by atoms with van der Waals surface area (Å²) in [4.78, 5) is 1.10. The molecule has 1 atom stereocenters. The van der Waals surface area contributed by atoms with Crippen molar-refractivity contribution in [2.75, 3.05) is 20.2 Å². The van der Waals surface area contributed by atoms with Crippen molar-refractivity contribution < 1.29 is 9.13 Å². The second kappa shape index (κ2) is 3.27. The summed E-state index contributed by atoms with van der Waals surface area (Å²) in [5.74, 6) is -0.0168. The number of halogens is 1. The number of fused-ring (bicyclic) bond motifs is 2. The molecule has 0 unspecified atom stereocenters. The van der Waals surface area contributed by atoms with Gasteiger partial charge >= 0.3 is 0 Å². The third-order valence-electron chi connectivity index (χ3n) is 3.40. The topological polar surface area (TPSA) is 21.3 Å². The minimum Gasteiger partial charge on any atom is -0.370 e. The van der Waals surface area contributed by atoms with Crippen LogP contribution in [0, 0.1) is 5.82 Å². The molecule has 0 amide bonds. The summed E-state index contributed by atoms with van der Waals surface area (Å²) >= 11 is 1.50. The van der Waals surface area contributed by atoms with Gasteiger partial charge in [-0.2, -0.15) is 0 Å². The van der Waals surface area contributed by atoms with Gasteiger partial charge in [0.15, 0.2) is 0 Å². The van der Waals surface area contributed by atoms with E-state index in [2.05, 4.69) is 5.32 Å². The summed E-state index contributed by atoms with van der Waals surface area (Å²) < 4.78 is 19.5. The molecule has 1 aromatic rings. The van der Waals surface area contributed by atoms with Gasteiger partial charge in [-0.1, -0.05) is 0 Å². The average Bonchev–Trinajstić information content (AvgIpc) is 2.88.